The van der Waals surface area contributed by atoms with Gasteiger partial charge in [-0.3, -0.25) is 4.79 Å². The van der Waals surface area contributed by atoms with Crippen LogP contribution in [0.1, 0.15) is 35.8 Å². The molecule has 0 aliphatic rings. The van der Waals surface area contributed by atoms with Crippen LogP contribution >= 0.6 is 0 Å². The largest absolute Gasteiger partial charge is 0.478 e. The van der Waals surface area contributed by atoms with E-state index in [1.165, 1.54) is 10.9 Å². The van der Waals surface area contributed by atoms with E-state index in [0.29, 0.717) is 43.1 Å². The third-order valence-corrected chi connectivity index (χ3v) is 3.51. The van der Waals surface area contributed by atoms with Crippen LogP contribution in [-0.2, 0) is 9.53 Å². The molecule has 1 aromatic carbocycles. The van der Waals surface area contributed by atoms with E-state index in [9.17, 15) is 9.59 Å². The number of nitrogens with zero attached hydrogens (tertiary/aromatic N) is 2. The Morgan fingerprint density at radius 2 is 2.17 bits per heavy atom. The fraction of sp³-hybridized carbons (Fsp3) is 0.353. The number of nitrogens with one attached hydrogen (secondary N) is 1. The van der Waals surface area contributed by atoms with Crippen LogP contribution in [0.2, 0.25) is 0 Å². The zero-order chi connectivity index (χ0) is 17.5. The van der Waals surface area contributed by atoms with E-state index in [2.05, 4.69) is 10.4 Å². The van der Waals surface area contributed by atoms with Crippen molar-refractivity contribution in [2.75, 3.05) is 18.5 Å². The van der Waals surface area contributed by atoms with E-state index in [0.717, 1.165) is 0 Å². The molecule has 0 saturated heterocycles. The molecule has 2 rings (SSSR count). The van der Waals surface area contributed by atoms with Gasteiger partial charge in [0.05, 0.1) is 17.6 Å². The van der Waals surface area contributed by atoms with Gasteiger partial charge >= 0.3 is 5.97 Å². The van der Waals surface area contributed by atoms with Crippen molar-refractivity contribution in [1.29, 1.82) is 0 Å². The number of rotatable bonds is 8. The van der Waals surface area contributed by atoms with Crippen molar-refractivity contribution < 1.29 is 19.4 Å². The summed E-state index contributed by atoms with van der Waals surface area (Å²) in [6.45, 7) is 4.81. The molecule has 1 heterocycles. The number of hydrogen-bond acceptors (Lipinski definition) is 4. The number of amides is 1. The standard InChI is InChI=1S/C17H21N3O4/c1-3-24-9-5-8-16(21)19-13-6-4-7-14(10-13)20-12(2)15(11-18-20)17(22)23/h4,6-7,10-11H,3,5,8-9H2,1-2H3,(H,19,21)(H,22,23). The van der Waals surface area contributed by atoms with E-state index in [1.807, 2.05) is 6.92 Å². The van der Waals surface area contributed by atoms with Crippen molar-refractivity contribution in [3.05, 3.63) is 41.7 Å². The Bertz CT molecular complexity index is 724. The predicted molar refractivity (Wildman–Crippen MR) is 89.6 cm³/mol. The van der Waals surface area contributed by atoms with Gasteiger partial charge in [0.15, 0.2) is 0 Å². The summed E-state index contributed by atoms with van der Waals surface area (Å²) in [5.41, 5.74) is 2.01. The molecule has 128 valence electrons. The lowest BCUT2D eigenvalue weighted by Crippen LogP contribution is -2.12. The van der Waals surface area contributed by atoms with Crippen molar-refractivity contribution >= 4 is 17.6 Å². The second-order valence-corrected chi connectivity index (χ2v) is 5.26. The average Bonchev–Trinajstić information content (AvgIpc) is 2.93. The molecule has 0 spiro atoms. The van der Waals surface area contributed by atoms with Crippen LogP contribution in [-0.4, -0.2) is 40.0 Å². The second-order valence-electron chi connectivity index (χ2n) is 5.26. The molecule has 0 bridgehead atoms. The molecule has 7 heteroatoms. The van der Waals surface area contributed by atoms with Crippen molar-refractivity contribution in [3.63, 3.8) is 0 Å². The molecule has 2 N–H and O–H groups in total. The van der Waals surface area contributed by atoms with Crippen LogP contribution in [0, 0.1) is 6.92 Å². The maximum absolute atomic E-state index is 11.9. The van der Waals surface area contributed by atoms with E-state index >= 15 is 0 Å². The number of carbonyl (C=O) groups is 2. The molecule has 0 aliphatic heterocycles. The highest BCUT2D eigenvalue weighted by Crippen LogP contribution is 2.18. The molecule has 0 fully saturated rings. The quantitative estimate of drug-likeness (QED) is 0.725. The third-order valence-electron chi connectivity index (χ3n) is 3.51. The fourth-order valence-electron chi connectivity index (χ4n) is 2.30. The summed E-state index contributed by atoms with van der Waals surface area (Å²) < 4.78 is 6.74. The molecule has 1 amide bonds. The summed E-state index contributed by atoms with van der Waals surface area (Å²) in [7, 11) is 0. The molecule has 1 aromatic heterocycles. The highest BCUT2D eigenvalue weighted by atomic mass is 16.5. The monoisotopic (exact) mass is 331 g/mol. The Labute approximate surface area is 140 Å². The van der Waals surface area contributed by atoms with Crippen LogP contribution in [0.3, 0.4) is 0 Å². The van der Waals surface area contributed by atoms with Crippen molar-refractivity contribution in [2.24, 2.45) is 0 Å². The van der Waals surface area contributed by atoms with Gasteiger partial charge in [0.2, 0.25) is 5.91 Å². The van der Waals surface area contributed by atoms with E-state index in [-0.39, 0.29) is 11.5 Å². The first-order valence-corrected chi connectivity index (χ1v) is 7.79. The van der Waals surface area contributed by atoms with Gasteiger partial charge in [0.25, 0.3) is 0 Å². The number of aromatic nitrogens is 2. The third kappa shape index (κ3) is 4.42. The Hall–Kier alpha value is -2.67. The first-order chi connectivity index (χ1) is 11.5. The number of benzene rings is 1. The van der Waals surface area contributed by atoms with Gasteiger partial charge in [-0.15, -0.1) is 0 Å². The zero-order valence-electron chi connectivity index (χ0n) is 13.8. The number of ether oxygens (including phenoxy) is 1. The molecule has 0 atom stereocenters. The summed E-state index contributed by atoms with van der Waals surface area (Å²) in [4.78, 5) is 23.0. The molecular formula is C17H21N3O4. The topological polar surface area (TPSA) is 93.5 Å². The molecular weight excluding hydrogens is 310 g/mol. The second kappa shape index (κ2) is 8.26. The minimum atomic E-state index is -1.02. The first kappa shape index (κ1) is 17.7. The van der Waals surface area contributed by atoms with E-state index in [4.69, 9.17) is 9.84 Å². The molecule has 0 unspecified atom stereocenters. The smallest absolute Gasteiger partial charge is 0.339 e. The Morgan fingerprint density at radius 1 is 1.38 bits per heavy atom. The predicted octanol–water partition coefficient (Wildman–Crippen LogP) is 2.63. The number of aromatic carboxylic acids is 1. The zero-order valence-corrected chi connectivity index (χ0v) is 13.8. The molecule has 0 aliphatic carbocycles. The van der Waals surface area contributed by atoms with Gasteiger partial charge < -0.3 is 15.2 Å². The Kier molecular flexibility index (Phi) is 6.08. The van der Waals surface area contributed by atoms with Gasteiger partial charge in [-0.25, -0.2) is 9.48 Å². The summed E-state index contributed by atoms with van der Waals surface area (Å²) in [5, 5.41) is 16.0. The lowest BCUT2D eigenvalue weighted by molar-refractivity contribution is -0.116. The molecule has 0 radical (unpaired) electrons. The number of carboxylic acid groups (broad SMARTS) is 1. The van der Waals surface area contributed by atoms with Gasteiger partial charge in [0, 0.05) is 25.3 Å². The maximum atomic E-state index is 11.9. The van der Waals surface area contributed by atoms with Gasteiger partial charge in [-0.2, -0.15) is 5.10 Å². The highest BCUT2D eigenvalue weighted by Gasteiger charge is 2.14. The lowest BCUT2D eigenvalue weighted by Gasteiger charge is -2.09. The van der Waals surface area contributed by atoms with E-state index < -0.39 is 5.97 Å². The molecule has 2 aromatic rings. The Morgan fingerprint density at radius 3 is 2.83 bits per heavy atom. The number of hydrogen-bond donors (Lipinski definition) is 2. The summed E-state index contributed by atoms with van der Waals surface area (Å²) in [5.74, 6) is -1.10. The maximum Gasteiger partial charge on any atom is 0.339 e. The number of anilines is 1. The van der Waals surface area contributed by atoms with Gasteiger partial charge in [-0.05, 0) is 38.5 Å². The minimum Gasteiger partial charge on any atom is -0.478 e. The summed E-state index contributed by atoms with van der Waals surface area (Å²) in [6.07, 6.45) is 2.37. The summed E-state index contributed by atoms with van der Waals surface area (Å²) in [6, 6.07) is 7.12. The fourth-order valence-corrected chi connectivity index (χ4v) is 2.30. The normalized spacial score (nSPS) is 10.6. The lowest BCUT2D eigenvalue weighted by atomic mass is 10.2. The molecule has 7 nitrogen and oxygen atoms in total. The Balaban J connectivity index is 2.06. The first-order valence-electron chi connectivity index (χ1n) is 7.79. The van der Waals surface area contributed by atoms with Crippen molar-refractivity contribution in [3.8, 4) is 5.69 Å². The van der Waals surface area contributed by atoms with Crippen LogP contribution < -0.4 is 5.32 Å². The van der Waals surface area contributed by atoms with Crippen molar-refractivity contribution in [1.82, 2.24) is 9.78 Å². The van der Waals surface area contributed by atoms with Crippen LogP contribution in [0.4, 0.5) is 5.69 Å². The summed E-state index contributed by atoms with van der Waals surface area (Å²) >= 11 is 0. The van der Waals surface area contributed by atoms with Crippen LogP contribution in [0.15, 0.2) is 30.5 Å². The van der Waals surface area contributed by atoms with Crippen molar-refractivity contribution in [2.45, 2.75) is 26.7 Å². The minimum absolute atomic E-state index is 0.0877. The number of carboxylic acids is 1. The molecule has 24 heavy (non-hydrogen) atoms. The average molecular weight is 331 g/mol. The van der Waals surface area contributed by atoms with Gasteiger partial charge in [-0.1, -0.05) is 6.07 Å². The molecule has 0 saturated carbocycles. The van der Waals surface area contributed by atoms with Crippen LogP contribution in [0.5, 0.6) is 0 Å². The SMILES string of the molecule is CCOCCCC(=O)Nc1cccc(-n2ncc(C(=O)O)c2C)c1. The van der Waals surface area contributed by atoms with Crippen LogP contribution in [0.25, 0.3) is 5.69 Å². The van der Waals surface area contributed by atoms with E-state index in [1.54, 1.807) is 31.2 Å². The highest BCUT2D eigenvalue weighted by molar-refractivity contribution is 5.91. The number of carbonyl (C=O) groups excluding carboxylic acids is 1. The van der Waals surface area contributed by atoms with Gasteiger partial charge in [0.1, 0.15) is 5.56 Å².